The van der Waals surface area contributed by atoms with Gasteiger partial charge in [-0.25, -0.2) is 0 Å². The van der Waals surface area contributed by atoms with E-state index >= 15 is 0 Å². The lowest BCUT2D eigenvalue weighted by atomic mass is 9.95. The predicted octanol–water partition coefficient (Wildman–Crippen LogP) is 4.54. The lowest BCUT2D eigenvalue weighted by Crippen LogP contribution is -2.09. The SMILES string of the molecule is c1ccc(CCCCC2CCSCC2)cc1. The van der Waals surface area contributed by atoms with Crippen LogP contribution in [0.25, 0.3) is 0 Å². The first-order valence-corrected chi connectivity index (χ1v) is 7.72. The van der Waals surface area contributed by atoms with Crippen molar-refractivity contribution in [3.05, 3.63) is 35.9 Å². The zero-order valence-electron chi connectivity index (χ0n) is 10.0. The van der Waals surface area contributed by atoms with Gasteiger partial charge in [-0.3, -0.25) is 0 Å². The van der Waals surface area contributed by atoms with Gasteiger partial charge in [-0.05, 0) is 48.7 Å². The van der Waals surface area contributed by atoms with Crippen LogP contribution in [0.1, 0.15) is 37.7 Å². The quantitative estimate of drug-likeness (QED) is 0.674. The molecule has 1 heteroatoms. The van der Waals surface area contributed by atoms with E-state index in [-0.39, 0.29) is 0 Å². The molecule has 0 aromatic heterocycles. The molecule has 0 bridgehead atoms. The third-order valence-electron chi connectivity index (χ3n) is 3.51. The molecule has 0 amide bonds. The van der Waals surface area contributed by atoms with Crippen LogP contribution < -0.4 is 0 Å². The van der Waals surface area contributed by atoms with Crippen LogP contribution in [0.2, 0.25) is 0 Å². The minimum absolute atomic E-state index is 1.04. The molecule has 0 aliphatic carbocycles. The first-order chi connectivity index (χ1) is 7.95. The summed E-state index contributed by atoms with van der Waals surface area (Å²) in [7, 11) is 0. The fourth-order valence-corrected chi connectivity index (χ4v) is 3.65. The Hall–Kier alpha value is -0.430. The van der Waals surface area contributed by atoms with Gasteiger partial charge in [-0.2, -0.15) is 11.8 Å². The Balaban J connectivity index is 1.58. The lowest BCUT2D eigenvalue weighted by molar-refractivity contribution is 0.432. The first kappa shape index (κ1) is 12.0. The summed E-state index contributed by atoms with van der Waals surface area (Å²) in [6.07, 6.45) is 8.46. The van der Waals surface area contributed by atoms with Crippen molar-refractivity contribution in [2.45, 2.75) is 38.5 Å². The Kier molecular flexibility index (Phi) is 5.27. The minimum atomic E-state index is 1.04. The number of aryl methyl sites for hydroxylation is 1. The monoisotopic (exact) mass is 234 g/mol. The van der Waals surface area contributed by atoms with Crippen molar-refractivity contribution in [1.82, 2.24) is 0 Å². The summed E-state index contributed by atoms with van der Waals surface area (Å²) in [5.74, 6) is 3.85. The van der Waals surface area contributed by atoms with E-state index in [2.05, 4.69) is 42.1 Å². The van der Waals surface area contributed by atoms with E-state index in [0.717, 1.165) is 5.92 Å². The molecule has 0 atom stereocenters. The van der Waals surface area contributed by atoms with E-state index in [1.54, 1.807) is 0 Å². The number of benzene rings is 1. The molecule has 2 rings (SSSR count). The second-order valence-corrected chi connectivity index (χ2v) is 6.01. The van der Waals surface area contributed by atoms with Gasteiger partial charge in [-0.1, -0.05) is 43.2 Å². The molecule has 0 N–H and O–H groups in total. The van der Waals surface area contributed by atoms with Gasteiger partial charge < -0.3 is 0 Å². The molecule has 0 radical (unpaired) electrons. The fourth-order valence-electron chi connectivity index (χ4n) is 2.44. The summed E-state index contributed by atoms with van der Waals surface area (Å²) in [4.78, 5) is 0. The average Bonchev–Trinajstić information content (AvgIpc) is 2.37. The van der Waals surface area contributed by atoms with Crippen LogP contribution in [-0.2, 0) is 6.42 Å². The summed E-state index contributed by atoms with van der Waals surface area (Å²) in [5, 5.41) is 0. The largest absolute Gasteiger partial charge is 0.162 e. The highest BCUT2D eigenvalue weighted by Gasteiger charge is 2.12. The van der Waals surface area contributed by atoms with Crippen LogP contribution in [-0.4, -0.2) is 11.5 Å². The number of hydrogen-bond donors (Lipinski definition) is 0. The first-order valence-electron chi connectivity index (χ1n) is 6.57. The molecule has 1 aromatic rings. The van der Waals surface area contributed by atoms with Crippen LogP contribution >= 0.6 is 11.8 Å². The number of unbranched alkanes of at least 4 members (excludes halogenated alkanes) is 1. The van der Waals surface area contributed by atoms with Gasteiger partial charge in [0.2, 0.25) is 0 Å². The molecular weight excluding hydrogens is 212 g/mol. The molecule has 1 fully saturated rings. The summed E-state index contributed by atoms with van der Waals surface area (Å²) in [5.41, 5.74) is 1.50. The van der Waals surface area contributed by atoms with Gasteiger partial charge in [-0.15, -0.1) is 0 Å². The normalized spacial score (nSPS) is 17.5. The van der Waals surface area contributed by atoms with Crippen LogP contribution in [0.4, 0.5) is 0 Å². The Morgan fingerprint density at radius 1 is 1.00 bits per heavy atom. The summed E-state index contributed by atoms with van der Waals surface area (Å²) in [6, 6.07) is 10.9. The molecular formula is C15H22S. The summed E-state index contributed by atoms with van der Waals surface area (Å²) in [6.45, 7) is 0. The van der Waals surface area contributed by atoms with Crippen molar-refractivity contribution in [2.24, 2.45) is 5.92 Å². The number of rotatable bonds is 5. The molecule has 88 valence electrons. The predicted molar refractivity (Wildman–Crippen MR) is 74.0 cm³/mol. The minimum Gasteiger partial charge on any atom is -0.162 e. The molecule has 1 saturated heterocycles. The smallest absolute Gasteiger partial charge is 0.00649 e. The van der Waals surface area contributed by atoms with Gasteiger partial charge >= 0.3 is 0 Å². The van der Waals surface area contributed by atoms with E-state index in [1.807, 2.05) is 0 Å². The lowest BCUT2D eigenvalue weighted by Gasteiger charge is -2.20. The second kappa shape index (κ2) is 7.01. The molecule has 16 heavy (non-hydrogen) atoms. The molecule has 0 spiro atoms. The van der Waals surface area contributed by atoms with Gasteiger partial charge in [0.1, 0.15) is 0 Å². The van der Waals surface area contributed by atoms with Gasteiger partial charge in [0.25, 0.3) is 0 Å². The fraction of sp³-hybridized carbons (Fsp3) is 0.600. The van der Waals surface area contributed by atoms with Crippen molar-refractivity contribution in [2.75, 3.05) is 11.5 Å². The maximum atomic E-state index is 2.25. The van der Waals surface area contributed by atoms with Crippen molar-refractivity contribution in [3.8, 4) is 0 Å². The topological polar surface area (TPSA) is 0 Å². The van der Waals surface area contributed by atoms with Crippen LogP contribution in [0.5, 0.6) is 0 Å². The third-order valence-corrected chi connectivity index (χ3v) is 4.56. The molecule has 1 aromatic carbocycles. The van der Waals surface area contributed by atoms with E-state index in [1.165, 1.54) is 55.6 Å². The summed E-state index contributed by atoms with van der Waals surface area (Å²) >= 11 is 2.13. The maximum absolute atomic E-state index is 2.25. The molecule has 1 heterocycles. The highest BCUT2D eigenvalue weighted by Crippen LogP contribution is 2.26. The molecule has 0 saturated carbocycles. The van der Waals surface area contributed by atoms with Crippen molar-refractivity contribution in [3.63, 3.8) is 0 Å². The standard InChI is InChI=1S/C15H22S/c1-2-6-14(7-3-1)8-4-5-9-15-10-12-16-13-11-15/h1-3,6-7,15H,4-5,8-13H2. The van der Waals surface area contributed by atoms with Gasteiger partial charge in [0, 0.05) is 0 Å². The highest BCUT2D eigenvalue weighted by atomic mass is 32.2. The average molecular weight is 234 g/mol. The second-order valence-electron chi connectivity index (χ2n) is 4.79. The Morgan fingerprint density at radius 3 is 2.50 bits per heavy atom. The highest BCUT2D eigenvalue weighted by molar-refractivity contribution is 7.99. The maximum Gasteiger partial charge on any atom is -0.00649 e. The third kappa shape index (κ3) is 4.21. The molecule has 0 nitrogen and oxygen atoms in total. The summed E-state index contributed by atoms with van der Waals surface area (Å²) < 4.78 is 0. The molecule has 1 aliphatic heterocycles. The van der Waals surface area contributed by atoms with Crippen molar-refractivity contribution >= 4 is 11.8 Å². The number of thioether (sulfide) groups is 1. The van der Waals surface area contributed by atoms with Crippen molar-refractivity contribution < 1.29 is 0 Å². The van der Waals surface area contributed by atoms with E-state index in [0.29, 0.717) is 0 Å². The molecule has 1 aliphatic rings. The van der Waals surface area contributed by atoms with E-state index < -0.39 is 0 Å². The van der Waals surface area contributed by atoms with E-state index in [9.17, 15) is 0 Å². The van der Waals surface area contributed by atoms with Crippen LogP contribution in [0.15, 0.2) is 30.3 Å². The van der Waals surface area contributed by atoms with Gasteiger partial charge in [0.15, 0.2) is 0 Å². The van der Waals surface area contributed by atoms with Gasteiger partial charge in [0.05, 0.1) is 0 Å². The Bertz CT molecular complexity index is 275. The molecule has 0 unspecified atom stereocenters. The van der Waals surface area contributed by atoms with E-state index in [4.69, 9.17) is 0 Å². The zero-order valence-corrected chi connectivity index (χ0v) is 10.8. The number of hydrogen-bond acceptors (Lipinski definition) is 1. The zero-order chi connectivity index (χ0) is 11.1. The van der Waals surface area contributed by atoms with Crippen LogP contribution in [0, 0.1) is 5.92 Å². The van der Waals surface area contributed by atoms with Crippen molar-refractivity contribution in [1.29, 1.82) is 0 Å². The Morgan fingerprint density at radius 2 is 1.75 bits per heavy atom. The Labute approximate surface area is 104 Å². The van der Waals surface area contributed by atoms with Crippen LogP contribution in [0.3, 0.4) is 0 Å².